The summed E-state index contributed by atoms with van der Waals surface area (Å²) >= 11 is 0. The lowest BCUT2D eigenvalue weighted by molar-refractivity contribution is -0.0293. The van der Waals surface area contributed by atoms with Crippen molar-refractivity contribution in [1.29, 1.82) is 0 Å². The van der Waals surface area contributed by atoms with E-state index in [1.54, 1.807) is 22.9 Å². The third-order valence-corrected chi connectivity index (χ3v) is 4.54. The summed E-state index contributed by atoms with van der Waals surface area (Å²) in [6, 6.07) is 3.93. The molecule has 4 heterocycles. The van der Waals surface area contributed by atoms with Crippen LogP contribution in [0.5, 0.6) is 0 Å². The van der Waals surface area contributed by atoms with Gasteiger partial charge in [-0.15, -0.1) is 5.10 Å². The topological polar surface area (TPSA) is 99.7 Å². The lowest BCUT2D eigenvalue weighted by atomic mass is 10.2. The number of imidazole rings is 1. The Balaban J connectivity index is 1.52. The summed E-state index contributed by atoms with van der Waals surface area (Å²) in [7, 11) is 1.62. The highest BCUT2D eigenvalue weighted by molar-refractivity contribution is 5.93. The number of carbonyl (C=O) groups excluding carboxylic acids is 1. The summed E-state index contributed by atoms with van der Waals surface area (Å²) < 4.78 is 14.4. The molecule has 1 saturated heterocycles. The number of pyridine rings is 1. The van der Waals surface area contributed by atoms with Gasteiger partial charge in [0.1, 0.15) is 17.4 Å². The number of ether oxygens (including phenoxy) is 2. The van der Waals surface area contributed by atoms with Crippen molar-refractivity contribution in [2.45, 2.75) is 19.6 Å². The largest absolute Gasteiger partial charge is 0.383 e. The van der Waals surface area contributed by atoms with Crippen LogP contribution in [-0.2, 0) is 16.0 Å². The third-order valence-electron chi connectivity index (χ3n) is 4.54. The number of methoxy groups -OCH3 is 1. The molecule has 4 rings (SSSR count). The van der Waals surface area contributed by atoms with Gasteiger partial charge in [-0.05, 0) is 35.0 Å². The standard InChI is InChI=1S/C17H21N7O3/c1-12-3-4-22-10-13(18-15(22)9-12)17(25)23-5-8-27-14(11-23)16-19-20-21-24(16)6-7-26-2/h3-4,9-10,14H,5-8,11H2,1-2H3. The molecule has 0 aliphatic carbocycles. The van der Waals surface area contributed by atoms with E-state index < -0.39 is 0 Å². The van der Waals surface area contributed by atoms with Gasteiger partial charge in [-0.1, -0.05) is 0 Å². The molecule has 1 atom stereocenters. The molecule has 0 N–H and O–H groups in total. The Labute approximate surface area is 155 Å². The van der Waals surface area contributed by atoms with Gasteiger partial charge in [0, 0.05) is 26.0 Å². The van der Waals surface area contributed by atoms with Gasteiger partial charge in [-0.3, -0.25) is 4.79 Å². The molecule has 27 heavy (non-hydrogen) atoms. The molecule has 3 aromatic rings. The molecule has 1 unspecified atom stereocenters. The van der Waals surface area contributed by atoms with Crippen LogP contribution in [-0.4, -0.2) is 73.8 Å². The third kappa shape index (κ3) is 3.53. The molecule has 0 spiro atoms. The maximum Gasteiger partial charge on any atom is 0.274 e. The zero-order chi connectivity index (χ0) is 18.8. The Bertz CT molecular complexity index is 951. The van der Waals surface area contributed by atoms with Gasteiger partial charge in [0.15, 0.2) is 5.82 Å². The highest BCUT2D eigenvalue weighted by Crippen LogP contribution is 2.21. The SMILES string of the molecule is COCCn1nnnc1C1CN(C(=O)c2cn3ccc(C)cc3n2)CCO1. The highest BCUT2D eigenvalue weighted by atomic mass is 16.5. The Morgan fingerprint density at radius 1 is 1.44 bits per heavy atom. The molecule has 10 heteroatoms. The van der Waals surface area contributed by atoms with Crippen molar-refractivity contribution in [3.8, 4) is 0 Å². The van der Waals surface area contributed by atoms with Crippen LogP contribution in [0.2, 0.25) is 0 Å². The maximum absolute atomic E-state index is 12.9. The van der Waals surface area contributed by atoms with E-state index in [4.69, 9.17) is 9.47 Å². The predicted molar refractivity (Wildman–Crippen MR) is 94.2 cm³/mol. The van der Waals surface area contributed by atoms with Crippen LogP contribution in [0.25, 0.3) is 5.65 Å². The van der Waals surface area contributed by atoms with Gasteiger partial charge in [0.05, 0.1) is 26.3 Å². The van der Waals surface area contributed by atoms with E-state index in [2.05, 4.69) is 20.5 Å². The van der Waals surface area contributed by atoms with Crippen molar-refractivity contribution in [2.75, 3.05) is 33.4 Å². The van der Waals surface area contributed by atoms with E-state index in [1.807, 2.05) is 29.7 Å². The Kier molecular flexibility index (Phi) is 4.82. The molecule has 3 aromatic heterocycles. The van der Waals surface area contributed by atoms with Crippen molar-refractivity contribution in [3.63, 3.8) is 0 Å². The van der Waals surface area contributed by atoms with E-state index >= 15 is 0 Å². The summed E-state index contributed by atoms with van der Waals surface area (Å²) in [6.45, 7) is 4.31. The quantitative estimate of drug-likeness (QED) is 0.643. The zero-order valence-corrected chi connectivity index (χ0v) is 15.3. The normalized spacial score (nSPS) is 17.6. The molecular formula is C17H21N7O3. The number of tetrazole rings is 1. The van der Waals surface area contributed by atoms with Crippen LogP contribution in [0.4, 0.5) is 0 Å². The van der Waals surface area contributed by atoms with E-state index in [0.29, 0.717) is 44.4 Å². The first-order chi connectivity index (χ1) is 13.2. The number of aromatic nitrogens is 6. The molecule has 0 bridgehead atoms. The van der Waals surface area contributed by atoms with Crippen molar-refractivity contribution in [2.24, 2.45) is 0 Å². The minimum absolute atomic E-state index is 0.124. The number of carbonyl (C=O) groups is 1. The molecule has 1 fully saturated rings. The Morgan fingerprint density at radius 3 is 3.19 bits per heavy atom. The second-order valence-corrected chi connectivity index (χ2v) is 6.46. The van der Waals surface area contributed by atoms with Crippen LogP contribution in [0.3, 0.4) is 0 Å². The average Bonchev–Trinajstić information content (AvgIpc) is 3.32. The second-order valence-electron chi connectivity index (χ2n) is 6.46. The lowest BCUT2D eigenvalue weighted by Gasteiger charge is -2.31. The molecule has 142 valence electrons. The Hall–Kier alpha value is -2.85. The van der Waals surface area contributed by atoms with Crippen molar-refractivity contribution >= 4 is 11.6 Å². The molecular weight excluding hydrogens is 350 g/mol. The number of morpholine rings is 1. The molecule has 1 amide bonds. The smallest absolute Gasteiger partial charge is 0.274 e. The number of rotatable bonds is 5. The summed E-state index contributed by atoms with van der Waals surface area (Å²) in [4.78, 5) is 19.1. The van der Waals surface area contributed by atoms with Crippen LogP contribution < -0.4 is 0 Å². The fourth-order valence-electron chi connectivity index (χ4n) is 3.12. The second kappa shape index (κ2) is 7.41. The monoisotopic (exact) mass is 371 g/mol. The zero-order valence-electron chi connectivity index (χ0n) is 15.3. The van der Waals surface area contributed by atoms with E-state index in [-0.39, 0.29) is 12.0 Å². The van der Waals surface area contributed by atoms with E-state index in [0.717, 1.165) is 11.2 Å². The van der Waals surface area contributed by atoms with Gasteiger partial charge in [0.25, 0.3) is 5.91 Å². The number of amides is 1. The molecule has 1 aliphatic rings. The van der Waals surface area contributed by atoms with E-state index in [9.17, 15) is 4.79 Å². The number of nitrogens with zero attached hydrogens (tertiary/aromatic N) is 7. The molecule has 1 aliphatic heterocycles. The number of fused-ring (bicyclic) bond motifs is 1. The van der Waals surface area contributed by atoms with Gasteiger partial charge in [-0.25, -0.2) is 9.67 Å². The number of hydrogen-bond acceptors (Lipinski definition) is 7. The molecule has 10 nitrogen and oxygen atoms in total. The molecule has 0 aromatic carbocycles. The summed E-state index contributed by atoms with van der Waals surface area (Å²) in [6.07, 6.45) is 3.28. The maximum atomic E-state index is 12.9. The summed E-state index contributed by atoms with van der Waals surface area (Å²) in [5.74, 6) is 0.468. The Morgan fingerprint density at radius 2 is 2.33 bits per heavy atom. The van der Waals surface area contributed by atoms with Crippen LogP contribution in [0.15, 0.2) is 24.5 Å². The van der Waals surface area contributed by atoms with Gasteiger partial charge < -0.3 is 18.8 Å². The van der Waals surface area contributed by atoms with Crippen LogP contribution in [0, 0.1) is 6.92 Å². The van der Waals surface area contributed by atoms with Crippen molar-refractivity contribution in [1.82, 2.24) is 34.5 Å². The summed E-state index contributed by atoms with van der Waals surface area (Å²) in [5, 5.41) is 11.8. The van der Waals surface area contributed by atoms with Gasteiger partial charge in [-0.2, -0.15) is 0 Å². The minimum Gasteiger partial charge on any atom is -0.383 e. The first-order valence-corrected chi connectivity index (χ1v) is 8.77. The van der Waals surface area contributed by atoms with Crippen molar-refractivity contribution < 1.29 is 14.3 Å². The number of aryl methyl sites for hydroxylation is 1. The fraction of sp³-hybridized carbons (Fsp3) is 0.471. The predicted octanol–water partition coefficient (Wildman–Crippen LogP) is 0.489. The molecule has 0 radical (unpaired) electrons. The van der Waals surface area contributed by atoms with Crippen LogP contribution in [0.1, 0.15) is 28.0 Å². The number of hydrogen-bond donors (Lipinski definition) is 0. The van der Waals surface area contributed by atoms with E-state index in [1.165, 1.54) is 0 Å². The minimum atomic E-state index is -0.381. The van der Waals surface area contributed by atoms with Gasteiger partial charge in [0.2, 0.25) is 0 Å². The first kappa shape index (κ1) is 17.6. The summed E-state index contributed by atoms with van der Waals surface area (Å²) in [5.41, 5.74) is 2.27. The fourth-order valence-corrected chi connectivity index (χ4v) is 3.12. The first-order valence-electron chi connectivity index (χ1n) is 8.77. The lowest BCUT2D eigenvalue weighted by Crippen LogP contribution is -2.43. The van der Waals surface area contributed by atoms with Crippen LogP contribution >= 0.6 is 0 Å². The highest BCUT2D eigenvalue weighted by Gasteiger charge is 2.30. The van der Waals surface area contributed by atoms with Crippen molar-refractivity contribution in [3.05, 3.63) is 41.6 Å². The molecule has 0 saturated carbocycles. The van der Waals surface area contributed by atoms with Gasteiger partial charge >= 0.3 is 0 Å². The average molecular weight is 371 g/mol.